The molecule has 5 heteroatoms. The Balaban J connectivity index is 2.13. The average Bonchev–Trinajstić information content (AvgIpc) is 2.37. The molecule has 0 saturated carbocycles. The van der Waals surface area contributed by atoms with Crippen LogP contribution in [-0.2, 0) is 6.54 Å². The lowest BCUT2D eigenvalue weighted by Crippen LogP contribution is -2.15. The maximum atomic E-state index is 11.2. The Hall–Kier alpha value is -2.43. The van der Waals surface area contributed by atoms with Gasteiger partial charge in [0.25, 0.3) is 5.91 Å². The second-order valence-electron chi connectivity index (χ2n) is 3.91. The van der Waals surface area contributed by atoms with Crippen LogP contribution in [0.25, 0.3) is 0 Å². The van der Waals surface area contributed by atoms with Crippen molar-refractivity contribution in [3.8, 4) is 0 Å². The van der Waals surface area contributed by atoms with Crippen LogP contribution in [0.1, 0.15) is 21.7 Å². The fourth-order valence-electron chi connectivity index (χ4n) is 1.63. The van der Waals surface area contributed by atoms with Crippen molar-refractivity contribution >= 4 is 11.6 Å². The van der Waals surface area contributed by atoms with Crippen molar-refractivity contribution in [1.29, 1.82) is 0 Å². The Morgan fingerprint density at radius 1 is 1.39 bits per heavy atom. The number of pyridine rings is 2. The number of carbonyl (C=O) groups excluding carboxylic acids is 1. The maximum absolute atomic E-state index is 11.2. The minimum atomic E-state index is -0.497. The molecule has 0 spiro atoms. The Bertz CT molecular complexity index is 568. The first kappa shape index (κ1) is 12.0. The van der Waals surface area contributed by atoms with Crippen LogP contribution in [0.4, 0.5) is 5.69 Å². The molecule has 5 nitrogen and oxygen atoms in total. The monoisotopic (exact) mass is 242 g/mol. The minimum absolute atomic E-state index is 0.380. The molecule has 0 unspecified atom stereocenters. The Labute approximate surface area is 105 Å². The van der Waals surface area contributed by atoms with Gasteiger partial charge in [0.15, 0.2) is 0 Å². The van der Waals surface area contributed by atoms with Crippen LogP contribution in [0.3, 0.4) is 0 Å². The molecule has 2 heterocycles. The summed E-state index contributed by atoms with van der Waals surface area (Å²) in [5.41, 5.74) is 8.18. The zero-order chi connectivity index (χ0) is 13.0. The van der Waals surface area contributed by atoms with Crippen molar-refractivity contribution in [3.63, 3.8) is 0 Å². The number of primary amides is 1. The number of amides is 1. The highest BCUT2D eigenvalue weighted by molar-refractivity contribution is 5.98. The maximum Gasteiger partial charge on any atom is 0.252 e. The smallest absolute Gasteiger partial charge is 0.252 e. The molecule has 3 N–H and O–H groups in total. The van der Waals surface area contributed by atoms with Crippen molar-refractivity contribution in [2.45, 2.75) is 13.5 Å². The quantitative estimate of drug-likeness (QED) is 0.851. The normalized spacial score (nSPS) is 10.1. The van der Waals surface area contributed by atoms with Crippen molar-refractivity contribution in [3.05, 3.63) is 53.6 Å². The fraction of sp³-hybridized carbons (Fsp3) is 0.154. The molecular weight excluding hydrogens is 228 g/mol. The van der Waals surface area contributed by atoms with Crippen LogP contribution >= 0.6 is 0 Å². The van der Waals surface area contributed by atoms with Crippen LogP contribution in [0.15, 0.2) is 36.7 Å². The fourth-order valence-corrected chi connectivity index (χ4v) is 1.63. The lowest BCUT2D eigenvalue weighted by atomic mass is 10.2. The van der Waals surface area contributed by atoms with E-state index >= 15 is 0 Å². The van der Waals surface area contributed by atoms with E-state index in [-0.39, 0.29) is 0 Å². The van der Waals surface area contributed by atoms with Gasteiger partial charge in [0.1, 0.15) is 0 Å². The third kappa shape index (κ3) is 2.82. The van der Waals surface area contributed by atoms with Gasteiger partial charge in [-0.15, -0.1) is 0 Å². The molecule has 0 aliphatic rings. The van der Waals surface area contributed by atoms with Gasteiger partial charge in [-0.05, 0) is 25.1 Å². The van der Waals surface area contributed by atoms with Gasteiger partial charge >= 0.3 is 0 Å². The molecule has 0 radical (unpaired) electrons. The summed E-state index contributed by atoms with van der Waals surface area (Å²) in [6.07, 6.45) is 3.06. The number of aryl methyl sites for hydroxylation is 1. The summed E-state index contributed by atoms with van der Waals surface area (Å²) >= 11 is 0. The summed E-state index contributed by atoms with van der Waals surface area (Å²) in [4.78, 5) is 19.5. The minimum Gasteiger partial charge on any atom is -0.379 e. The van der Waals surface area contributed by atoms with E-state index in [2.05, 4.69) is 15.3 Å². The molecule has 2 aromatic heterocycles. The zero-order valence-corrected chi connectivity index (χ0v) is 10.1. The standard InChI is InChI=1S/C13H14N4O/c1-9-3-2-4-10(17-9)7-16-12-5-6-15-8-11(12)13(14)18/h2-6,8H,7H2,1H3,(H2,14,18)(H,15,16). The van der Waals surface area contributed by atoms with Gasteiger partial charge in [-0.25, -0.2) is 0 Å². The number of anilines is 1. The lowest BCUT2D eigenvalue weighted by Gasteiger charge is -2.09. The predicted octanol–water partition coefficient (Wildman–Crippen LogP) is 1.50. The number of hydrogen-bond donors (Lipinski definition) is 2. The van der Waals surface area contributed by atoms with Crippen LogP contribution < -0.4 is 11.1 Å². The van der Waals surface area contributed by atoms with Crippen molar-refractivity contribution in [1.82, 2.24) is 9.97 Å². The van der Waals surface area contributed by atoms with Gasteiger partial charge in [0, 0.05) is 18.1 Å². The van der Waals surface area contributed by atoms with Gasteiger partial charge in [-0.3, -0.25) is 14.8 Å². The first-order valence-electron chi connectivity index (χ1n) is 5.57. The van der Waals surface area contributed by atoms with Gasteiger partial charge < -0.3 is 11.1 Å². The van der Waals surface area contributed by atoms with Gasteiger partial charge in [-0.1, -0.05) is 6.07 Å². The molecule has 0 bridgehead atoms. The molecule has 18 heavy (non-hydrogen) atoms. The molecular formula is C13H14N4O. The molecule has 92 valence electrons. The van der Waals surface area contributed by atoms with Crippen LogP contribution in [0.5, 0.6) is 0 Å². The van der Waals surface area contributed by atoms with Gasteiger partial charge in [-0.2, -0.15) is 0 Å². The Morgan fingerprint density at radius 2 is 2.22 bits per heavy atom. The van der Waals surface area contributed by atoms with E-state index in [1.807, 2.05) is 25.1 Å². The van der Waals surface area contributed by atoms with Gasteiger partial charge in [0.2, 0.25) is 0 Å². The molecule has 0 aromatic carbocycles. The molecule has 0 fully saturated rings. The summed E-state index contributed by atoms with van der Waals surface area (Å²) < 4.78 is 0. The van der Waals surface area contributed by atoms with Crippen LogP contribution in [0.2, 0.25) is 0 Å². The number of nitrogens with zero attached hydrogens (tertiary/aromatic N) is 2. The summed E-state index contributed by atoms with van der Waals surface area (Å²) in [6, 6.07) is 7.52. The van der Waals surface area contributed by atoms with E-state index in [0.717, 1.165) is 11.4 Å². The lowest BCUT2D eigenvalue weighted by molar-refractivity contribution is 0.100. The zero-order valence-electron chi connectivity index (χ0n) is 10.1. The topological polar surface area (TPSA) is 80.9 Å². The second kappa shape index (κ2) is 5.27. The highest BCUT2D eigenvalue weighted by atomic mass is 16.1. The van der Waals surface area contributed by atoms with E-state index in [9.17, 15) is 4.79 Å². The Morgan fingerprint density at radius 3 is 2.94 bits per heavy atom. The first-order chi connectivity index (χ1) is 8.66. The van der Waals surface area contributed by atoms with Crippen molar-refractivity contribution in [2.75, 3.05) is 5.32 Å². The molecule has 0 atom stereocenters. The predicted molar refractivity (Wildman–Crippen MR) is 69.1 cm³/mol. The van der Waals surface area contributed by atoms with Gasteiger partial charge in [0.05, 0.1) is 23.5 Å². The SMILES string of the molecule is Cc1cccc(CNc2ccncc2C(N)=O)n1. The number of carbonyl (C=O) groups is 1. The third-order valence-electron chi connectivity index (χ3n) is 2.49. The molecule has 0 aliphatic carbocycles. The van der Waals surface area contributed by atoms with E-state index in [1.165, 1.54) is 6.20 Å². The number of nitrogens with one attached hydrogen (secondary N) is 1. The van der Waals surface area contributed by atoms with Crippen LogP contribution in [0, 0.1) is 6.92 Å². The van der Waals surface area contributed by atoms with E-state index < -0.39 is 5.91 Å². The van der Waals surface area contributed by atoms with Crippen molar-refractivity contribution < 1.29 is 4.79 Å². The van der Waals surface area contributed by atoms with Crippen LogP contribution in [-0.4, -0.2) is 15.9 Å². The number of aromatic nitrogens is 2. The molecule has 0 aliphatic heterocycles. The molecule has 1 amide bonds. The number of rotatable bonds is 4. The van der Waals surface area contributed by atoms with E-state index in [1.54, 1.807) is 12.3 Å². The second-order valence-corrected chi connectivity index (χ2v) is 3.91. The summed E-state index contributed by atoms with van der Waals surface area (Å²) in [5.74, 6) is -0.497. The highest BCUT2D eigenvalue weighted by Crippen LogP contribution is 2.13. The van der Waals surface area contributed by atoms with E-state index in [0.29, 0.717) is 17.8 Å². The summed E-state index contributed by atoms with van der Waals surface area (Å²) in [7, 11) is 0. The molecule has 2 aromatic rings. The number of nitrogens with two attached hydrogens (primary N) is 1. The van der Waals surface area contributed by atoms with Crippen molar-refractivity contribution in [2.24, 2.45) is 5.73 Å². The Kier molecular flexibility index (Phi) is 3.52. The highest BCUT2D eigenvalue weighted by Gasteiger charge is 2.07. The average molecular weight is 242 g/mol. The third-order valence-corrected chi connectivity index (χ3v) is 2.49. The van der Waals surface area contributed by atoms with E-state index in [4.69, 9.17) is 5.73 Å². The largest absolute Gasteiger partial charge is 0.379 e. The molecule has 2 rings (SSSR count). The summed E-state index contributed by atoms with van der Waals surface area (Å²) in [6.45, 7) is 2.47. The number of hydrogen-bond acceptors (Lipinski definition) is 4. The first-order valence-corrected chi connectivity index (χ1v) is 5.57. The summed E-state index contributed by atoms with van der Waals surface area (Å²) in [5, 5.41) is 3.13. The molecule has 0 saturated heterocycles.